The van der Waals surface area contributed by atoms with Gasteiger partial charge in [-0.05, 0) is 30.3 Å². The van der Waals surface area contributed by atoms with Gasteiger partial charge in [-0.1, -0.05) is 22.0 Å². The minimum atomic E-state index is -0.212. The highest BCUT2D eigenvalue weighted by molar-refractivity contribution is 9.10. The van der Waals surface area contributed by atoms with Crippen LogP contribution in [0.4, 0.5) is 0 Å². The molecule has 1 aromatic heterocycles. The van der Waals surface area contributed by atoms with E-state index in [1.807, 2.05) is 6.07 Å². The van der Waals surface area contributed by atoms with Gasteiger partial charge in [-0.2, -0.15) is 0 Å². The zero-order valence-corrected chi connectivity index (χ0v) is 16.6. The van der Waals surface area contributed by atoms with Crippen LogP contribution in [0.2, 0.25) is 0 Å². The van der Waals surface area contributed by atoms with Gasteiger partial charge >= 0.3 is 0 Å². The maximum Gasteiger partial charge on any atom is 0.251 e. The summed E-state index contributed by atoms with van der Waals surface area (Å²) in [7, 11) is 1.60. The van der Waals surface area contributed by atoms with Gasteiger partial charge in [0.05, 0.1) is 6.61 Å². The molecule has 27 heavy (non-hydrogen) atoms. The van der Waals surface area contributed by atoms with Crippen molar-refractivity contribution in [1.29, 1.82) is 0 Å². The van der Waals surface area contributed by atoms with E-state index in [2.05, 4.69) is 31.5 Å². The molecule has 0 aliphatic heterocycles. The smallest absolute Gasteiger partial charge is 0.251 e. The highest BCUT2D eigenvalue weighted by Crippen LogP contribution is 2.14. The van der Waals surface area contributed by atoms with Crippen molar-refractivity contribution in [2.45, 2.75) is 13.0 Å². The molecule has 0 aliphatic carbocycles. The van der Waals surface area contributed by atoms with Gasteiger partial charge in [0, 0.05) is 48.4 Å². The Morgan fingerprint density at radius 3 is 2.63 bits per heavy atom. The second kappa shape index (κ2) is 11.3. The molecule has 2 aromatic rings. The molecule has 0 fully saturated rings. The fourth-order valence-corrected chi connectivity index (χ4v) is 2.45. The summed E-state index contributed by atoms with van der Waals surface area (Å²) in [5, 5.41) is 5.53. The minimum absolute atomic E-state index is 0.169. The van der Waals surface area contributed by atoms with Crippen LogP contribution >= 0.6 is 15.9 Å². The van der Waals surface area contributed by atoms with Gasteiger partial charge in [0.15, 0.2) is 0 Å². The van der Waals surface area contributed by atoms with E-state index in [1.165, 1.54) is 0 Å². The first-order valence-electron chi connectivity index (χ1n) is 8.46. The number of rotatable bonds is 10. The summed E-state index contributed by atoms with van der Waals surface area (Å²) in [4.78, 5) is 28.2. The average Bonchev–Trinajstić information content (AvgIpc) is 2.68. The molecular weight excluding hydrogens is 414 g/mol. The van der Waals surface area contributed by atoms with Crippen molar-refractivity contribution in [3.05, 3.63) is 58.2 Å². The molecule has 1 heterocycles. The molecule has 0 radical (unpaired) electrons. The number of amides is 2. The van der Waals surface area contributed by atoms with Crippen molar-refractivity contribution in [3.63, 3.8) is 0 Å². The van der Waals surface area contributed by atoms with Crippen LogP contribution in [0.3, 0.4) is 0 Å². The average molecular weight is 436 g/mol. The van der Waals surface area contributed by atoms with Gasteiger partial charge in [0.1, 0.15) is 6.61 Å². The molecule has 8 heteroatoms. The van der Waals surface area contributed by atoms with Crippen LogP contribution in [-0.4, -0.2) is 43.7 Å². The molecule has 0 spiro atoms. The fourth-order valence-electron chi connectivity index (χ4n) is 2.19. The third-order valence-corrected chi connectivity index (χ3v) is 4.12. The number of hydrogen-bond acceptors (Lipinski definition) is 5. The molecule has 2 rings (SSSR count). The predicted octanol–water partition coefficient (Wildman–Crippen LogP) is 2.31. The number of hydrogen-bond donors (Lipinski definition) is 2. The van der Waals surface area contributed by atoms with Gasteiger partial charge in [0.2, 0.25) is 11.8 Å². The van der Waals surface area contributed by atoms with E-state index in [1.54, 1.807) is 43.6 Å². The Morgan fingerprint density at radius 2 is 1.89 bits per heavy atom. The summed E-state index contributed by atoms with van der Waals surface area (Å²) in [5.41, 5.74) is 1.33. The van der Waals surface area contributed by atoms with E-state index in [4.69, 9.17) is 9.47 Å². The van der Waals surface area contributed by atoms with Gasteiger partial charge < -0.3 is 20.1 Å². The summed E-state index contributed by atoms with van der Waals surface area (Å²) in [6, 6.07) is 10.6. The van der Waals surface area contributed by atoms with Gasteiger partial charge in [-0.25, -0.2) is 4.98 Å². The van der Waals surface area contributed by atoms with Gasteiger partial charge in [0.25, 0.3) is 5.91 Å². The quantitative estimate of drug-likeness (QED) is 0.558. The Morgan fingerprint density at radius 1 is 1.11 bits per heavy atom. The standard InChI is InChI=1S/C19H22BrN3O4/c1-26-11-12-27-19-15(3-2-9-22-19)13-23-17(24)8-10-21-18(25)14-4-6-16(20)7-5-14/h2-7,9H,8,10-13H2,1H3,(H,21,25)(H,23,24). The number of carbonyl (C=O) groups is 2. The summed E-state index contributed by atoms with van der Waals surface area (Å²) < 4.78 is 11.4. The number of carbonyl (C=O) groups excluding carboxylic acids is 2. The lowest BCUT2D eigenvalue weighted by Gasteiger charge is -2.11. The monoisotopic (exact) mass is 435 g/mol. The van der Waals surface area contributed by atoms with Crippen LogP contribution in [0.1, 0.15) is 22.3 Å². The zero-order valence-electron chi connectivity index (χ0n) is 15.0. The van der Waals surface area contributed by atoms with Crippen molar-refractivity contribution in [2.75, 3.05) is 26.9 Å². The molecule has 0 unspecified atom stereocenters. The van der Waals surface area contributed by atoms with Crippen molar-refractivity contribution < 1.29 is 19.1 Å². The summed E-state index contributed by atoms with van der Waals surface area (Å²) in [6.45, 7) is 1.40. The van der Waals surface area contributed by atoms with E-state index in [0.29, 0.717) is 31.2 Å². The van der Waals surface area contributed by atoms with Crippen LogP contribution in [0.25, 0.3) is 0 Å². The third kappa shape index (κ3) is 7.36. The molecule has 0 atom stereocenters. The van der Waals surface area contributed by atoms with Crippen molar-refractivity contribution >= 4 is 27.7 Å². The van der Waals surface area contributed by atoms with Crippen molar-refractivity contribution in [2.24, 2.45) is 0 Å². The van der Waals surface area contributed by atoms with Crippen LogP contribution in [0.15, 0.2) is 47.1 Å². The Balaban J connectivity index is 1.73. The number of pyridine rings is 1. The molecule has 2 amide bonds. The number of methoxy groups -OCH3 is 1. The molecule has 1 aromatic carbocycles. The molecule has 0 aliphatic rings. The molecular formula is C19H22BrN3O4. The van der Waals surface area contributed by atoms with Crippen molar-refractivity contribution in [1.82, 2.24) is 15.6 Å². The SMILES string of the molecule is COCCOc1ncccc1CNC(=O)CCNC(=O)c1ccc(Br)cc1. The predicted molar refractivity (Wildman–Crippen MR) is 105 cm³/mol. The largest absolute Gasteiger partial charge is 0.475 e. The van der Waals surface area contributed by atoms with E-state index in [9.17, 15) is 9.59 Å². The summed E-state index contributed by atoms with van der Waals surface area (Å²) in [6.07, 6.45) is 1.81. The second-order valence-corrected chi connectivity index (χ2v) is 6.51. The van der Waals surface area contributed by atoms with Crippen molar-refractivity contribution in [3.8, 4) is 5.88 Å². The van der Waals surface area contributed by atoms with Gasteiger partial charge in [-0.15, -0.1) is 0 Å². The number of halogens is 1. The lowest BCUT2D eigenvalue weighted by molar-refractivity contribution is -0.121. The van der Waals surface area contributed by atoms with E-state index in [-0.39, 0.29) is 24.8 Å². The summed E-state index contributed by atoms with van der Waals surface area (Å²) in [5.74, 6) is 0.0904. The van der Waals surface area contributed by atoms with Crippen LogP contribution in [0, 0.1) is 0 Å². The highest BCUT2D eigenvalue weighted by Gasteiger charge is 2.09. The first-order chi connectivity index (χ1) is 13.1. The van der Waals surface area contributed by atoms with E-state index in [0.717, 1.165) is 10.0 Å². The Bertz CT molecular complexity index is 753. The lowest BCUT2D eigenvalue weighted by atomic mass is 10.2. The maximum atomic E-state index is 12.0. The normalized spacial score (nSPS) is 10.3. The fraction of sp³-hybridized carbons (Fsp3) is 0.316. The Kier molecular flexibility index (Phi) is 8.73. The van der Waals surface area contributed by atoms with E-state index < -0.39 is 0 Å². The van der Waals surface area contributed by atoms with Crippen LogP contribution in [-0.2, 0) is 16.1 Å². The lowest BCUT2D eigenvalue weighted by Crippen LogP contribution is -2.30. The minimum Gasteiger partial charge on any atom is -0.475 e. The zero-order chi connectivity index (χ0) is 19.5. The number of nitrogens with one attached hydrogen (secondary N) is 2. The molecule has 7 nitrogen and oxygen atoms in total. The van der Waals surface area contributed by atoms with E-state index >= 15 is 0 Å². The molecule has 0 saturated carbocycles. The van der Waals surface area contributed by atoms with Gasteiger partial charge in [-0.3, -0.25) is 9.59 Å². The molecule has 144 valence electrons. The maximum absolute atomic E-state index is 12.0. The Hall–Kier alpha value is -2.45. The summed E-state index contributed by atoms with van der Waals surface area (Å²) >= 11 is 3.32. The number of nitrogens with zero attached hydrogens (tertiary/aromatic N) is 1. The number of benzene rings is 1. The number of aromatic nitrogens is 1. The van der Waals surface area contributed by atoms with Crippen LogP contribution < -0.4 is 15.4 Å². The molecule has 0 bridgehead atoms. The topological polar surface area (TPSA) is 89.6 Å². The molecule has 0 saturated heterocycles. The number of ether oxygens (including phenoxy) is 2. The van der Waals surface area contributed by atoms with Crippen LogP contribution in [0.5, 0.6) is 5.88 Å². The molecule has 2 N–H and O–H groups in total. The highest BCUT2D eigenvalue weighted by atomic mass is 79.9. The Labute approximate surface area is 166 Å². The second-order valence-electron chi connectivity index (χ2n) is 5.60. The third-order valence-electron chi connectivity index (χ3n) is 3.60. The first-order valence-corrected chi connectivity index (χ1v) is 9.25. The first kappa shape index (κ1) is 20.9.